The molecule has 0 bridgehead atoms. The minimum atomic E-state index is 0.0635. The minimum absolute atomic E-state index is 0.0635. The quantitative estimate of drug-likeness (QED) is 0.682. The maximum Gasteiger partial charge on any atom is 0.317 e. The van der Waals surface area contributed by atoms with E-state index in [0.29, 0.717) is 12.0 Å². The Kier molecular flexibility index (Phi) is 6.31. The van der Waals surface area contributed by atoms with Gasteiger partial charge >= 0.3 is 6.03 Å². The summed E-state index contributed by atoms with van der Waals surface area (Å²) >= 11 is 6.65. The van der Waals surface area contributed by atoms with Gasteiger partial charge in [-0.2, -0.15) is 0 Å². The first-order chi connectivity index (χ1) is 14.5. The molecule has 1 aliphatic heterocycles. The molecule has 5 nitrogen and oxygen atoms in total. The van der Waals surface area contributed by atoms with Crippen molar-refractivity contribution in [2.45, 2.75) is 71.4 Å². The summed E-state index contributed by atoms with van der Waals surface area (Å²) in [6.45, 7) is 12.0. The summed E-state index contributed by atoms with van der Waals surface area (Å²) in [5, 5.41) is 5.47. The van der Waals surface area contributed by atoms with E-state index in [-0.39, 0.29) is 12.1 Å². The SMILES string of the molecule is CCCN1C[C@@H](NC(=O)N(CC)CC)C[C@@H]2c3cc(CC)cc4[nH]c(Cl)c(c34)C[C@H]21. The van der Waals surface area contributed by atoms with Crippen molar-refractivity contribution in [3.8, 4) is 0 Å². The van der Waals surface area contributed by atoms with Crippen molar-refractivity contribution in [2.24, 2.45) is 0 Å². The number of carbonyl (C=O) groups is 1. The second-order valence-corrected chi connectivity index (χ2v) is 9.18. The lowest BCUT2D eigenvalue weighted by Gasteiger charge is -2.47. The number of aromatic amines is 1. The largest absolute Gasteiger partial charge is 0.345 e. The van der Waals surface area contributed by atoms with E-state index in [1.54, 1.807) is 0 Å². The van der Waals surface area contributed by atoms with E-state index >= 15 is 0 Å². The summed E-state index contributed by atoms with van der Waals surface area (Å²) < 4.78 is 0. The maximum atomic E-state index is 12.8. The molecule has 6 heteroatoms. The second kappa shape index (κ2) is 8.80. The van der Waals surface area contributed by atoms with E-state index in [0.717, 1.165) is 57.0 Å². The topological polar surface area (TPSA) is 51.4 Å². The standard InChI is InChI=1S/C24H35ClN4O/c1-5-9-29-14-16(26-24(30)28(7-3)8-4)12-17-18-10-15(6-2)11-20-22(18)19(13-21(17)29)23(25)27-20/h10-11,16-17,21,27H,5-9,12-14H2,1-4H3,(H,26,30)/t16-,17+,21+/m0/s1. The first-order valence-corrected chi connectivity index (χ1v) is 12.0. The Bertz CT molecular complexity index is 920. The Labute approximate surface area is 185 Å². The third-order valence-corrected chi connectivity index (χ3v) is 7.40. The fourth-order valence-electron chi connectivity index (χ4n) is 5.61. The van der Waals surface area contributed by atoms with Crippen LogP contribution in [0.25, 0.3) is 10.9 Å². The number of halogens is 1. The van der Waals surface area contributed by atoms with Gasteiger partial charge < -0.3 is 15.2 Å². The molecule has 164 valence electrons. The third kappa shape index (κ3) is 3.71. The number of rotatable bonds is 6. The number of nitrogens with one attached hydrogen (secondary N) is 2. The summed E-state index contributed by atoms with van der Waals surface area (Å²) in [5.74, 6) is 0.417. The predicted molar refractivity (Wildman–Crippen MR) is 125 cm³/mol. The fourth-order valence-corrected chi connectivity index (χ4v) is 5.88. The number of amides is 2. The zero-order valence-corrected chi connectivity index (χ0v) is 19.5. The fraction of sp³-hybridized carbons (Fsp3) is 0.625. The van der Waals surface area contributed by atoms with Crippen molar-refractivity contribution in [3.63, 3.8) is 0 Å². The molecule has 3 atom stereocenters. The summed E-state index contributed by atoms with van der Waals surface area (Å²) in [5.41, 5.74) is 5.21. The summed E-state index contributed by atoms with van der Waals surface area (Å²) in [7, 11) is 0. The highest BCUT2D eigenvalue weighted by atomic mass is 35.5. The normalized spacial score (nSPS) is 23.4. The average molecular weight is 431 g/mol. The van der Waals surface area contributed by atoms with Gasteiger partial charge in [-0.1, -0.05) is 31.5 Å². The van der Waals surface area contributed by atoms with E-state index in [9.17, 15) is 4.79 Å². The molecule has 0 saturated carbocycles. The molecule has 2 aliphatic rings. The summed E-state index contributed by atoms with van der Waals surface area (Å²) in [6.07, 6.45) is 4.09. The number of aromatic nitrogens is 1. The predicted octanol–water partition coefficient (Wildman–Crippen LogP) is 4.93. The molecule has 2 aromatic rings. The highest BCUT2D eigenvalue weighted by Crippen LogP contribution is 2.46. The van der Waals surface area contributed by atoms with Crippen molar-refractivity contribution in [2.75, 3.05) is 26.2 Å². The van der Waals surface area contributed by atoms with Crippen LogP contribution in [-0.4, -0.2) is 59.1 Å². The van der Waals surface area contributed by atoms with Gasteiger partial charge in [-0.05, 0) is 68.8 Å². The highest BCUT2D eigenvalue weighted by Gasteiger charge is 2.42. The van der Waals surface area contributed by atoms with Gasteiger partial charge in [0.05, 0.1) is 0 Å². The van der Waals surface area contributed by atoms with Crippen molar-refractivity contribution < 1.29 is 4.79 Å². The second-order valence-electron chi connectivity index (χ2n) is 8.81. The Hall–Kier alpha value is -1.72. The van der Waals surface area contributed by atoms with Crippen LogP contribution in [0.15, 0.2) is 12.1 Å². The van der Waals surface area contributed by atoms with Crippen molar-refractivity contribution in [1.82, 2.24) is 20.1 Å². The number of H-pyrrole nitrogens is 1. The third-order valence-electron chi connectivity index (χ3n) is 7.08. The molecular formula is C24H35ClN4O. The van der Waals surface area contributed by atoms with Crippen LogP contribution in [0.1, 0.15) is 63.1 Å². The Morgan fingerprint density at radius 1 is 1.27 bits per heavy atom. The van der Waals surface area contributed by atoms with Gasteiger partial charge in [0.1, 0.15) is 5.15 Å². The van der Waals surface area contributed by atoms with Crippen LogP contribution < -0.4 is 5.32 Å². The number of fused-ring (bicyclic) bond motifs is 2. The molecule has 1 aliphatic carbocycles. The minimum Gasteiger partial charge on any atom is -0.345 e. The van der Waals surface area contributed by atoms with E-state index < -0.39 is 0 Å². The number of carbonyl (C=O) groups excluding carboxylic acids is 1. The maximum absolute atomic E-state index is 12.8. The van der Waals surface area contributed by atoms with E-state index in [4.69, 9.17) is 11.6 Å². The highest BCUT2D eigenvalue weighted by molar-refractivity contribution is 6.32. The lowest BCUT2D eigenvalue weighted by molar-refractivity contribution is 0.0980. The van der Waals surface area contributed by atoms with Gasteiger partial charge in [0, 0.05) is 48.5 Å². The molecule has 2 heterocycles. The molecule has 1 aromatic carbocycles. The first kappa shape index (κ1) is 21.5. The Morgan fingerprint density at radius 2 is 2.03 bits per heavy atom. The number of hydrogen-bond donors (Lipinski definition) is 2. The molecule has 2 amide bonds. The van der Waals surface area contributed by atoms with Gasteiger partial charge in [0.15, 0.2) is 0 Å². The van der Waals surface area contributed by atoms with Crippen LogP contribution in [0.4, 0.5) is 4.79 Å². The summed E-state index contributed by atoms with van der Waals surface area (Å²) in [4.78, 5) is 20.7. The van der Waals surface area contributed by atoms with Gasteiger partial charge in [0.2, 0.25) is 0 Å². The van der Waals surface area contributed by atoms with E-state index in [1.807, 2.05) is 18.7 Å². The van der Waals surface area contributed by atoms with E-state index in [2.05, 4.69) is 41.2 Å². The summed E-state index contributed by atoms with van der Waals surface area (Å²) in [6, 6.07) is 5.32. The molecule has 0 unspecified atom stereocenters. The van der Waals surface area contributed by atoms with E-state index in [1.165, 1.54) is 27.6 Å². The molecular weight excluding hydrogens is 396 g/mol. The van der Waals surface area contributed by atoms with Crippen LogP contribution in [0.2, 0.25) is 5.15 Å². The lowest BCUT2D eigenvalue weighted by Crippen LogP contribution is -2.57. The van der Waals surface area contributed by atoms with Crippen molar-refractivity contribution >= 4 is 28.5 Å². The molecule has 1 aromatic heterocycles. The zero-order valence-electron chi connectivity index (χ0n) is 18.7. The van der Waals surface area contributed by atoms with Gasteiger partial charge in [0.25, 0.3) is 0 Å². The number of likely N-dealkylation sites (tertiary alicyclic amines) is 1. The molecule has 1 fully saturated rings. The van der Waals surface area contributed by atoms with Crippen LogP contribution in [0.5, 0.6) is 0 Å². The smallest absolute Gasteiger partial charge is 0.317 e. The lowest BCUT2D eigenvalue weighted by atomic mass is 9.73. The van der Waals surface area contributed by atoms with Crippen LogP contribution >= 0.6 is 11.6 Å². The monoisotopic (exact) mass is 430 g/mol. The average Bonchev–Trinajstić information content (AvgIpc) is 3.05. The molecule has 0 spiro atoms. The van der Waals surface area contributed by atoms with Gasteiger partial charge in [-0.25, -0.2) is 4.79 Å². The molecule has 4 rings (SSSR count). The van der Waals surface area contributed by atoms with Crippen molar-refractivity contribution in [1.29, 1.82) is 0 Å². The molecule has 30 heavy (non-hydrogen) atoms. The van der Waals surface area contributed by atoms with Crippen LogP contribution in [0.3, 0.4) is 0 Å². The first-order valence-electron chi connectivity index (χ1n) is 11.6. The number of benzene rings is 1. The van der Waals surface area contributed by atoms with Gasteiger partial charge in [-0.3, -0.25) is 4.90 Å². The number of piperidine rings is 1. The molecule has 1 saturated heterocycles. The van der Waals surface area contributed by atoms with Gasteiger partial charge in [-0.15, -0.1) is 0 Å². The molecule has 0 radical (unpaired) electrons. The Balaban J connectivity index is 1.71. The number of nitrogens with zero attached hydrogens (tertiary/aromatic N) is 2. The zero-order chi connectivity index (χ0) is 21.4. The Morgan fingerprint density at radius 3 is 2.70 bits per heavy atom. The number of aryl methyl sites for hydroxylation is 1. The van der Waals surface area contributed by atoms with Crippen molar-refractivity contribution in [3.05, 3.63) is 34.0 Å². The number of urea groups is 1. The molecule has 2 N–H and O–H groups in total. The number of hydrogen-bond acceptors (Lipinski definition) is 2. The van der Waals surface area contributed by atoms with Crippen LogP contribution in [0, 0.1) is 0 Å². The van der Waals surface area contributed by atoms with Crippen LogP contribution in [-0.2, 0) is 12.8 Å².